The van der Waals surface area contributed by atoms with Gasteiger partial charge in [-0.15, -0.1) is 22.7 Å². The second-order valence-corrected chi connectivity index (χ2v) is 15.3. The molecule has 9 heteroatoms. The van der Waals surface area contributed by atoms with Gasteiger partial charge in [-0.2, -0.15) is 10.2 Å². The van der Waals surface area contributed by atoms with E-state index in [1.165, 1.54) is 0 Å². The predicted molar refractivity (Wildman–Crippen MR) is 193 cm³/mol. The van der Waals surface area contributed by atoms with E-state index in [4.69, 9.17) is 10.2 Å². The van der Waals surface area contributed by atoms with Gasteiger partial charge in [0.15, 0.2) is 0 Å². The van der Waals surface area contributed by atoms with Crippen molar-refractivity contribution in [3.63, 3.8) is 0 Å². The van der Waals surface area contributed by atoms with Crippen LogP contribution in [0.2, 0.25) is 0 Å². The first kappa shape index (κ1) is 29.6. The molecule has 0 radical (unpaired) electrons. The van der Waals surface area contributed by atoms with Crippen LogP contribution in [0.15, 0.2) is 164 Å². The summed E-state index contributed by atoms with van der Waals surface area (Å²) in [6.07, 6.45) is 1.46. The lowest BCUT2D eigenvalue weighted by atomic mass is 10.0. The molecule has 4 heterocycles. The first-order valence-electron chi connectivity index (χ1n) is 15.4. The van der Waals surface area contributed by atoms with Crippen molar-refractivity contribution in [3.8, 4) is 0 Å². The molecule has 2 atom stereocenters. The Labute approximate surface area is 282 Å². The van der Waals surface area contributed by atoms with Gasteiger partial charge < -0.3 is 0 Å². The fraction of sp³-hybridized carbons (Fsp3) is 0.105. The van der Waals surface area contributed by atoms with E-state index in [1.807, 2.05) is 70.7 Å². The molecule has 0 N–H and O–H groups in total. The number of hydrazone groups is 2. The first-order chi connectivity index (χ1) is 23.0. The van der Waals surface area contributed by atoms with E-state index in [2.05, 4.69) is 47.2 Å². The molecule has 8 rings (SSSR count). The van der Waals surface area contributed by atoms with E-state index < -0.39 is 9.84 Å². The molecule has 6 nitrogen and oxygen atoms in total. The highest BCUT2D eigenvalue weighted by Gasteiger charge is 2.33. The fourth-order valence-corrected chi connectivity index (χ4v) is 9.05. The van der Waals surface area contributed by atoms with Crippen LogP contribution in [0.4, 0.5) is 11.4 Å². The van der Waals surface area contributed by atoms with Gasteiger partial charge in [-0.1, -0.05) is 84.9 Å². The van der Waals surface area contributed by atoms with E-state index in [-0.39, 0.29) is 21.9 Å². The van der Waals surface area contributed by atoms with Crippen LogP contribution >= 0.6 is 22.7 Å². The Hall–Kier alpha value is -4.83. The Kier molecular flexibility index (Phi) is 7.81. The third kappa shape index (κ3) is 5.71. The largest absolute Gasteiger partial charge is 0.257 e. The summed E-state index contributed by atoms with van der Waals surface area (Å²) in [7, 11) is -3.87. The summed E-state index contributed by atoms with van der Waals surface area (Å²) in [5.74, 6) is 0. The summed E-state index contributed by atoms with van der Waals surface area (Å²) >= 11 is 3.33. The number of hydrogen-bond donors (Lipinski definition) is 0. The minimum atomic E-state index is -3.87. The van der Waals surface area contributed by atoms with Crippen molar-refractivity contribution in [2.75, 3.05) is 10.0 Å². The third-order valence-corrected chi connectivity index (χ3v) is 12.2. The van der Waals surface area contributed by atoms with Crippen molar-refractivity contribution in [2.24, 2.45) is 10.2 Å². The van der Waals surface area contributed by atoms with Gasteiger partial charge in [0.1, 0.15) is 0 Å². The molecular formula is C38H30N4O2S3. The molecule has 0 amide bonds. The Bertz CT molecular complexity index is 2030. The number of benzene rings is 4. The van der Waals surface area contributed by atoms with E-state index >= 15 is 0 Å². The fourth-order valence-electron chi connectivity index (χ4n) is 6.27. The average Bonchev–Trinajstić information content (AvgIpc) is 3.96. The summed E-state index contributed by atoms with van der Waals surface area (Å²) in [6.45, 7) is 0. The minimum absolute atomic E-state index is 0.0462. The monoisotopic (exact) mass is 670 g/mol. The number of hydrogen-bond acceptors (Lipinski definition) is 8. The molecule has 0 fully saturated rings. The van der Waals surface area contributed by atoms with Gasteiger partial charge in [-0.05, 0) is 70.4 Å². The van der Waals surface area contributed by atoms with Gasteiger partial charge in [0.2, 0.25) is 9.84 Å². The van der Waals surface area contributed by atoms with Crippen LogP contribution in [-0.4, -0.2) is 19.8 Å². The molecule has 232 valence electrons. The van der Waals surface area contributed by atoms with Crippen LogP contribution < -0.4 is 10.0 Å². The van der Waals surface area contributed by atoms with Crippen LogP contribution in [0.25, 0.3) is 0 Å². The van der Waals surface area contributed by atoms with Crippen molar-refractivity contribution in [1.82, 2.24) is 0 Å². The third-order valence-electron chi connectivity index (χ3n) is 8.59. The Balaban J connectivity index is 1.15. The van der Waals surface area contributed by atoms with Crippen LogP contribution in [0.5, 0.6) is 0 Å². The van der Waals surface area contributed by atoms with E-state index in [0.29, 0.717) is 0 Å². The van der Waals surface area contributed by atoms with E-state index in [0.717, 1.165) is 56.5 Å². The molecule has 2 aromatic heterocycles. The van der Waals surface area contributed by atoms with Gasteiger partial charge in [-0.3, -0.25) is 10.0 Å². The van der Waals surface area contributed by atoms with Crippen LogP contribution in [-0.2, 0) is 9.84 Å². The topological polar surface area (TPSA) is 65.3 Å². The molecule has 0 saturated heterocycles. The molecule has 2 aliphatic heterocycles. The molecular weight excluding hydrogens is 641 g/mol. The normalized spacial score (nSPS) is 18.0. The van der Waals surface area contributed by atoms with Crippen molar-refractivity contribution in [3.05, 3.63) is 165 Å². The second kappa shape index (κ2) is 12.4. The number of sulfone groups is 1. The van der Waals surface area contributed by atoms with Gasteiger partial charge >= 0.3 is 0 Å². The lowest BCUT2D eigenvalue weighted by molar-refractivity contribution is 0.595. The zero-order valence-electron chi connectivity index (χ0n) is 25.3. The molecule has 0 aliphatic carbocycles. The van der Waals surface area contributed by atoms with Gasteiger partial charge in [0.05, 0.1) is 54.4 Å². The standard InChI is InChI=1S/C38H30N4O2S3/c43-47(44,31-17-7-15-29(23-31)41-35(27-11-3-1-4-12-27)25-33(39-41)37-19-9-21-45-37)32-18-8-16-30(24-32)42-36(28-13-5-2-6-14-28)26-34(40-42)38-20-10-22-46-38/h1-24,35-36H,25-26H2. The second-order valence-electron chi connectivity index (χ2n) is 11.5. The zero-order chi connectivity index (χ0) is 31.8. The molecule has 2 unspecified atom stereocenters. The van der Waals surface area contributed by atoms with Crippen LogP contribution in [0.3, 0.4) is 0 Å². The molecule has 6 aromatic rings. The maximum absolute atomic E-state index is 14.3. The van der Waals surface area contributed by atoms with Crippen molar-refractivity contribution in [2.45, 2.75) is 34.7 Å². The highest BCUT2D eigenvalue weighted by molar-refractivity contribution is 7.91. The van der Waals surface area contributed by atoms with Crippen molar-refractivity contribution < 1.29 is 8.42 Å². The van der Waals surface area contributed by atoms with Crippen molar-refractivity contribution in [1.29, 1.82) is 0 Å². The minimum Gasteiger partial charge on any atom is -0.257 e. The molecule has 2 aliphatic rings. The molecule has 4 aromatic carbocycles. The van der Waals surface area contributed by atoms with Gasteiger partial charge in [0.25, 0.3) is 0 Å². The SMILES string of the molecule is O=S(=O)(c1cccc(N2N=C(c3cccs3)CC2c2ccccc2)c1)c1cccc(N2N=C(c3cccs3)CC2c2ccccc2)c1. The molecule has 0 bridgehead atoms. The maximum Gasteiger partial charge on any atom is 0.206 e. The summed E-state index contributed by atoms with van der Waals surface area (Å²) in [4.78, 5) is 2.69. The molecule has 0 spiro atoms. The van der Waals surface area contributed by atoms with Gasteiger partial charge in [-0.25, -0.2) is 8.42 Å². The molecule has 47 heavy (non-hydrogen) atoms. The van der Waals surface area contributed by atoms with Gasteiger partial charge in [0, 0.05) is 12.8 Å². The Morgan fingerprint density at radius 3 is 1.38 bits per heavy atom. The quantitative estimate of drug-likeness (QED) is 0.162. The zero-order valence-corrected chi connectivity index (χ0v) is 27.7. The number of rotatable bonds is 8. The lowest BCUT2D eigenvalue weighted by Crippen LogP contribution is -2.19. The lowest BCUT2D eigenvalue weighted by Gasteiger charge is -2.25. The highest BCUT2D eigenvalue weighted by Crippen LogP contribution is 2.40. The van der Waals surface area contributed by atoms with Crippen LogP contribution in [0, 0.1) is 0 Å². The molecule has 0 saturated carbocycles. The predicted octanol–water partition coefficient (Wildman–Crippen LogP) is 9.35. The smallest absolute Gasteiger partial charge is 0.206 e. The van der Waals surface area contributed by atoms with Crippen LogP contribution in [0.1, 0.15) is 45.8 Å². The maximum atomic E-state index is 14.3. The average molecular weight is 671 g/mol. The number of thiophene rings is 2. The summed E-state index contributed by atoms with van der Waals surface area (Å²) in [5, 5.41) is 18.1. The van der Waals surface area contributed by atoms with E-state index in [9.17, 15) is 8.42 Å². The Morgan fingerprint density at radius 2 is 0.979 bits per heavy atom. The number of nitrogens with zero attached hydrogens (tertiary/aromatic N) is 4. The summed E-state index contributed by atoms with van der Waals surface area (Å²) in [6, 6.07) is 42.9. The summed E-state index contributed by atoms with van der Waals surface area (Å²) in [5.41, 5.74) is 5.72. The summed E-state index contributed by atoms with van der Waals surface area (Å²) < 4.78 is 28.5. The Morgan fingerprint density at radius 1 is 0.532 bits per heavy atom. The number of anilines is 2. The first-order valence-corrected chi connectivity index (χ1v) is 18.7. The highest BCUT2D eigenvalue weighted by atomic mass is 32.2. The van der Waals surface area contributed by atoms with Crippen molar-refractivity contribution >= 4 is 55.3 Å². The van der Waals surface area contributed by atoms with E-state index in [1.54, 1.807) is 59.1 Å².